The second-order valence-electron chi connectivity index (χ2n) is 6.81. The molecule has 3 atom stereocenters. The van der Waals surface area contributed by atoms with E-state index in [-0.39, 0.29) is 4.90 Å². The fourth-order valence-corrected chi connectivity index (χ4v) is 6.53. The zero-order valence-electron chi connectivity index (χ0n) is 14.1. The molecule has 0 saturated carbocycles. The molecule has 2 aliphatic heterocycles. The van der Waals surface area contributed by atoms with Crippen molar-refractivity contribution in [3.8, 4) is 0 Å². The molecule has 2 saturated heterocycles. The van der Waals surface area contributed by atoms with Crippen LogP contribution in [-0.4, -0.2) is 61.0 Å². The van der Waals surface area contributed by atoms with Crippen molar-refractivity contribution in [1.82, 2.24) is 4.90 Å². The Morgan fingerprint density at radius 2 is 1.77 bits per heavy atom. The Bertz CT molecular complexity index is 995. The van der Waals surface area contributed by atoms with E-state index in [1.165, 1.54) is 38.1 Å². The van der Waals surface area contributed by atoms with Crippen molar-refractivity contribution in [1.29, 1.82) is 0 Å². The van der Waals surface area contributed by atoms with E-state index in [0.717, 1.165) is 5.56 Å². The number of carboxylic acid groups (broad SMARTS) is 1. The van der Waals surface area contributed by atoms with Crippen LogP contribution in [0.5, 0.6) is 0 Å². The van der Waals surface area contributed by atoms with Gasteiger partial charge in [0.15, 0.2) is 21.3 Å². The van der Waals surface area contributed by atoms with Crippen LogP contribution in [-0.2, 0) is 33.7 Å². The van der Waals surface area contributed by atoms with Crippen molar-refractivity contribution in [3.63, 3.8) is 0 Å². The minimum atomic E-state index is -4.39. The Morgan fingerprint density at radius 3 is 2.27 bits per heavy atom. The van der Waals surface area contributed by atoms with Crippen molar-refractivity contribution < 1.29 is 35.7 Å². The topological polar surface area (TPSA) is 135 Å². The Morgan fingerprint density at radius 1 is 1.23 bits per heavy atom. The lowest BCUT2D eigenvalue weighted by Crippen LogP contribution is -2.67. The van der Waals surface area contributed by atoms with Crippen LogP contribution < -0.4 is 0 Å². The number of aliphatic carboxylic acids is 1. The summed E-state index contributed by atoms with van der Waals surface area (Å²) in [4.78, 5) is 24.2. The summed E-state index contributed by atoms with van der Waals surface area (Å²) in [6.45, 7) is 4.14. The van der Waals surface area contributed by atoms with Gasteiger partial charge in [0.05, 0.1) is 4.90 Å². The van der Waals surface area contributed by atoms with Gasteiger partial charge < -0.3 is 10.0 Å². The number of amides is 1. The average molecular weight is 403 g/mol. The molecule has 3 rings (SSSR count). The second kappa shape index (κ2) is 5.51. The molecule has 0 aromatic heterocycles. The number of aryl methyl sites for hydroxylation is 1. The summed E-state index contributed by atoms with van der Waals surface area (Å²) in [5.41, 5.74) is 0.805. The number of hydrogen-bond donors (Lipinski definition) is 1. The van der Waals surface area contributed by atoms with Crippen LogP contribution in [0.3, 0.4) is 0 Å². The molecule has 9 nitrogen and oxygen atoms in total. The number of carbonyl (C=O) groups excluding carboxylic acids is 1. The van der Waals surface area contributed by atoms with Crippen LogP contribution >= 0.6 is 0 Å². The van der Waals surface area contributed by atoms with E-state index >= 15 is 0 Å². The fourth-order valence-electron chi connectivity index (χ4n) is 3.25. The summed E-state index contributed by atoms with van der Waals surface area (Å²) >= 11 is 0. The van der Waals surface area contributed by atoms with Crippen molar-refractivity contribution in [3.05, 3.63) is 29.8 Å². The van der Waals surface area contributed by atoms with Gasteiger partial charge in [0.25, 0.3) is 16.0 Å². The number of sulfone groups is 1. The first-order valence-electron chi connectivity index (χ1n) is 7.61. The maximum Gasteiger partial charge on any atom is 0.328 e. The highest BCUT2D eigenvalue weighted by atomic mass is 32.2. The molecule has 2 fully saturated rings. The van der Waals surface area contributed by atoms with E-state index in [1.807, 2.05) is 0 Å². The van der Waals surface area contributed by atoms with Gasteiger partial charge in [0, 0.05) is 0 Å². The summed E-state index contributed by atoms with van der Waals surface area (Å²) in [5.74, 6) is -2.46. The lowest BCUT2D eigenvalue weighted by atomic mass is 9.97. The normalized spacial score (nSPS) is 29.1. The van der Waals surface area contributed by atoms with Gasteiger partial charge in [0.1, 0.15) is 10.8 Å². The zero-order chi connectivity index (χ0) is 19.7. The number of fused-ring (bicyclic) bond motifs is 1. The van der Waals surface area contributed by atoms with Gasteiger partial charge in [-0.05, 0) is 32.9 Å². The average Bonchev–Trinajstić information content (AvgIpc) is 2.66. The third-order valence-corrected chi connectivity index (χ3v) is 8.90. The number of hydrogen-bond acceptors (Lipinski definition) is 7. The summed E-state index contributed by atoms with van der Waals surface area (Å²) in [6, 6.07) is 4.01. The lowest BCUT2D eigenvalue weighted by molar-refractivity contribution is -0.167. The molecule has 1 aromatic rings. The van der Waals surface area contributed by atoms with E-state index in [9.17, 15) is 31.5 Å². The first-order chi connectivity index (χ1) is 11.8. The van der Waals surface area contributed by atoms with E-state index in [1.54, 1.807) is 6.92 Å². The lowest BCUT2D eigenvalue weighted by Gasteiger charge is -2.41. The molecule has 1 N–H and O–H groups in total. The van der Waals surface area contributed by atoms with E-state index in [2.05, 4.69) is 0 Å². The second-order valence-corrected chi connectivity index (χ2v) is 11.0. The molecule has 1 aromatic carbocycles. The predicted molar refractivity (Wildman–Crippen MR) is 88.3 cm³/mol. The molecule has 11 heteroatoms. The third kappa shape index (κ3) is 2.37. The third-order valence-electron chi connectivity index (χ3n) is 4.79. The van der Waals surface area contributed by atoms with Crippen molar-refractivity contribution in [2.24, 2.45) is 0 Å². The highest BCUT2D eigenvalue weighted by Gasteiger charge is 2.73. The van der Waals surface area contributed by atoms with Gasteiger partial charge in [-0.2, -0.15) is 8.42 Å². The largest absolute Gasteiger partial charge is 0.480 e. The summed E-state index contributed by atoms with van der Waals surface area (Å²) < 4.78 is 53.2. The van der Waals surface area contributed by atoms with Crippen LogP contribution in [0.1, 0.15) is 19.4 Å². The minimum Gasteiger partial charge on any atom is -0.480 e. The molecule has 0 radical (unpaired) electrons. The van der Waals surface area contributed by atoms with Gasteiger partial charge >= 0.3 is 5.97 Å². The highest BCUT2D eigenvalue weighted by molar-refractivity contribution is 7.94. The molecule has 0 aliphatic carbocycles. The SMILES string of the molecule is Cc1ccc(S(=O)(=O)O[C@@H]2C(=O)N3[C@@H](C(=O)O)C(C)(C)S(=O)(=O)[C@H]23)cc1. The highest BCUT2D eigenvalue weighted by Crippen LogP contribution is 2.47. The van der Waals surface area contributed by atoms with Gasteiger partial charge in [0.2, 0.25) is 0 Å². The van der Waals surface area contributed by atoms with Gasteiger partial charge in [-0.15, -0.1) is 0 Å². The Labute approximate surface area is 150 Å². The molecule has 0 spiro atoms. The Balaban J connectivity index is 1.96. The summed E-state index contributed by atoms with van der Waals surface area (Å²) in [7, 11) is -8.56. The molecule has 2 heterocycles. The molecular weight excluding hydrogens is 386 g/mol. The zero-order valence-corrected chi connectivity index (χ0v) is 15.7. The number of carbonyl (C=O) groups is 2. The molecule has 0 unspecified atom stereocenters. The monoisotopic (exact) mass is 403 g/mol. The van der Waals surface area contributed by atoms with Gasteiger partial charge in [-0.1, -0.05) is 17.7 Å². The van der Waals surface area contributed by atoms with Crippen LogP contribution in [0.25, 0.3) is 0 Å². The Kier molecular flexibility index (Phi) is 3.98. The fraction of sp³-hybridized carbons (Fsp3) is 0.467. The first-order valence-corrected chi connectivity index (χ1v) is 10.6. The van der Waals surface area contributed by atoms with Crippen LogP contribution in [0, 0.1) is 6.92 Å². The number of carboxylic acids is 1. The molecular formula is C15H17NO8S2. The van der Waals surface area contributed by atoms with Crippen LogP contribution in [0.15, 0.2) is 29.2 Å². The maximum absolute atomic E-state index is 12.7. The number of β-lactam (4-membered cyclic amide) rings is 1. The maximum atomic E-state index is 12.7. The van der Waals surface area contributed by atoms with E-state index < -0.39 is 54.1 Å². The molecule has 0 bridgehead atoms. The molecule has 2 aliphatic rings. The first kappa shape index (κ1) is 18.8. The number of rotatable bonds is 4. The minimum absolute atomic E-state index is 0.223. The number of benzene rings is 1. The Hall–Kier alpha value is -1.98. The summed E-state index contributed by atoms with van der Waals surface area (Å²) in [5, 5.41) is 7.68. The molecule has 142 valence electrons. The number of nitrogens with zero attached hydrogens (tertiary/aromatic N) is 1. The van der Waals surface area contributed by atoms with Crippen molar-refractivity contribution in [2.45, 2.75) is 47.9 Å². The quantitative estimate of drug-likeness (QED) is 0.544. The van der Waals surface area contributed by atoms with Crippen molar-refractivity contribution in [2.75, 3.05) is 0 Å². The summed E-state index contributed by atoms with van der Waals surface area (Å²) in [6.07, 6.45) is -1.80. The van der Waals surface area contributed by atoms with E-state index in [4.69, 9.17) is 4.18 Å². The van der Waals surface area contributed by atoms with Crippen molar-refractivity contribution >= 4 is 31.8 Å². The van der Waals surface area contributed by atoms with Crippen LogP contribution in [0.4, 0.5) is 0 Å². The molecule has 26 heavy (non-hydrogen) atoms. The van der Waals surface area contributed by atoms with Gasteiger partial charge in [-0.3, -0.25) is 4.79 Å². The van der Waals surface area contributed by atoms with E-state index in [0.29, 0.717) is 4.90 Å². The van der Waals surface area contributed by atoms with Gasteiger partial charge in [-0.25, -0.2) is 17.4 Å². The predicted octanol–water partition coefficient (Wildman–Crippen LogP) is -0.103. The van der Waals surface area contributed by atoms with Crippen LogP contribution in [0.2, 0.25) is 0 Å². The standard InChI is InChI=1S/C15H17NO8S2/c1-8-4-6-9(7-5-8)26(22,23)24-10-12(17)16-11(14(18)19)15(2,3)25(20,21)13(10)16/h4-7,10-11,13H,1-3H3,(H,18,19)/t10-,11+,13-/m1/s1. The smallest absolute Gasteiger partial charge is 0.328 e. The molecule has 1 amide bonds.